The van der Waals surface area contributed by atoms with Crippen molar-refractivity contribution in [1.82, 2.24) is 4.98 Å². The second-order valence-corrected chi connectivity index (χ2v) is 4.70. The van der Waals surface area contributed by atoms with Gasteiger partial charge in [-0.15, -0.1) is 0 Å². The van der Waals surface area contributed by atoms with Gasteiger partial charge in [-0.3, -0.25) is 4.98 Å². The SMILES string of the molecule is CSCCCNc1c(N)cncc1Br. The third-order valence-corrected chi connectivity index (χ3v) is 3.05. The Balaban J connectivity index is 2.49. The van der Waals surface area contributed by atoms with Crippen molar-refractivity contribution in [3.05, 3.63) is 16.9 Å². The number of hydrogen-bond donors (Lipinski definition) is 2. The van der Waals surface area contributed by atoms with Gasteiger partial charge in [-0.2, -0.15) is 11.8 Å². The van der Waals surface area contributed by atoms with Gasteiger partial charge >= 0.3 is 0 Å². The zero-order chi connectivity index (χ0) is 10.4. The molecular formula is C9H14BrN3S. The standard InChI is InChI=1S/C9H14BrN3S/c1-14-4-2-3-13-9-7(10)5-12-6-8(9)11/h5-6H,2-4,11H2,1H3,(H,12,13). The molecular weight excluding hydrogens is 262 g/mol. The molecule has 0 unspecified atom stereocenters. The zero-order valence-corrected chi connectivity index (χ0v) is 10.5. The Labute approximate surface area is 97.0 Å². The number of rotatable bonds is 5. The van der Waals surface area contributed by atoms with Gasteiger partial charge in [0.05, 0.1) is 22.0 Å². The second kappa shape index (κ2) is 6.14. The highest BCUT2D eigenvalue weighted by molar-refractivity contribution is 9.10. The highest BCUT2D eigenvalue weighted by Crippen LogP contribution is 2.26. The van der Waals surface area contributed by atoms with Crippen LogP contribution in [0.1, 0.15) is 6.42 Å². The third-order valence-electron chi connectivity index (χ3n) is 1.76. The summed E-state index contributed by atoms with van der Waals surface area (Å²) < 4.78 is 0.918. The van der Waals surface area contributed by atoms with E-state index in [9.17, 15) is 0 Å². The van der Waals surface area contributed by atoms with Gasteiger partial charge in [0, 0.05) is 12.7 Å². The van der Waals surface area contributed by atoms with Crippen LogP contribution >= 0.6 is 27.7 Å². The first-order valence-electron chi connectivity index (χ1n) is 4.37. The number of nitrogens with two attached hydrogens (primary N) is 1. The van der Waals surface area contributed by atoms with Crippen LogP contribution in [0.15, 0.2) is 16.9 Å². The Hall–Kier alpha value is -0.420. The first kappa shape index (κ1) is 11.7. The van der Waals surface area contributed by atoms with Gasteiger partial charge in [0.25, 0.3) is 0 Å². The molecule has 3 N–H and O–H groups in total. The maximum absolute atomic E-state index is 5.78. The fraction of sp³-hybridized carbons (Fsp3) is 0.444. The number of pyridine rings is 1. The molecule has 0 saturated carbocycles. The van der Waals surface area contributed by atoms with Crippen LogP contribution in [0.5, 0.6) is 0 Å². The molecule has 1 aromatic rings. The highest BCUT2D eigenvalue weighted by Gasteiger charge is 2.02. The molecule has 0 aliphatic carbocycles. The fourth-order valence-electron chi connectivity index (χ4n) is 1.07. The molecule has 0 aliphatic rings. The van der Waals surface area contributed by atoms with E-state index in [1.54, 1.807) is 12.4 Å². The van der Waals surface area contributed by atoms with Crippen LogP contribution in [-0.4, -0.2) is 23.5 Å². The average molecular weight is 276 g/mol. The van der Waals surface area contributed by atoms with Crippen molar-refractivity contribution in [3.63, 3.8) is 0 Å². The summed E-state index contributed by atoms with van der Waals surface area (Å²) in [6, 6.07) is 0. The van der Waals surface area contributed by atoms with E-state index in [2.05, 4.69) is 32.5 Å². The molecule has 0 amide bonds. The maximum Gasteiger partial charge on any atom is 0.0750 e. The lowest BCUT2D eigenvalue weighted by molar-refractivity contribution is 0.991. The van der Waals surface area contributed by atoms with E-state index in [4.69, 9.17) is 5.73 Å². The van der Waals surface area contributed by atoms with E-state index in [0.29, 0.717) is 5.69 Å². The topological polar surface area (TPSA) is 50.9 Å². The normalized spacial score (nSPS) is 10.1. The second-order valence-electron chi connectivity index (χ2n) is 2.86. The lowest BCUT2D eigenvalue weighted by atomic mass is 10.3. The van der Waals surface area contributed by atoms with E-state index < -0.39 is 0 Å². The molecule has 14 heavy (non-hydrogen) atoms. The van der Waals surface area contributed by atoms with Crippen LogP contribution in [0.25, 0.3) is 0 Å². The molecule has 0 atom stereocenters. The molecule has 78 valence electrons. The van der Waals surface area contributed by atoms with E-state index >= 15 is 0 Å². The molecule has 1 heterocycles. The largest absolute Gasteiger partial charge is 0.396 e. The van der Waals surface area contributed by atoms with E-state index in [1.165, 1.54) is 0 Å². The van der Waals surface area contributed by atoms with E-state index in [-0.39, 0.29) is 0 Å². The first-order valence-corrected chi connectivity index (χ1v) is 6.56. The van der Waals surface area contributed by atoms with Crippen molar-refractivity contribution in [1.29, 1.82) is 0 Å². The predicted molar refractivity (Wildman–Crippen MR) is 67.8 cm³/mol. The summed E-state index contributed by atoms with van der Waals surface area (Å²) in [5, 5.41) is 3.29. The summed E-state index contributed by atoms with van der Waals surface area (Å²) in [4.78, 5) is 3.97. The molecule has 5 heteroatoms. The monoisotopic (exact) mass is 275 g/mol. The molecule has 0 aliphatic heterocycles. The smallest absolute Gasteiger partial charge is 0.0750 e. The van der Waals surface area contributed by atoms with Gasteiger partial charge in [-0.25, -0.2) is 0 Å². The molecule has 1 rings (SSSR count). The number of thioether (sulfide) groups is 1. The number of anilines is 2. The third kappa shape index (κ3) is 3.38. The zero-order valence-electron chi connectivity index (χ0n) is 8.09. The Morgan fingerprint density at radius 3 is 3.00 bits per heavy atom. The number of nitrogens with zero attached hydrogens (tertiary/aromatic N) is 1. The minimum Gasteiger partial charge on any atom is -0.396 e. The molecule has 1 aromatic heterocycles. The summed E-state index contributed by atoms with van der Waals surface area (Å²) in [6.45, 7) is 0.938. The minimum absolute atomic E-state index is 0.684. The summed E-state index contributed by atoms with van der Waals surface area (Å²) in [5.74, 6) is 1.16. The van der Waals surface area contributed by atoms with Gasteiger partial charge in [-0.1, -0.05) is 0 Å². The average Bonchev–Trinajstić information content (AvgIpc) is 2.16. The summed E-state index contributed by atoms with van der Waals surface area (Å²) >= 11 is 5.26. The lowest BCUT2D eigenvalue weighted by Gasteiger charge is -2.09. The number of aromatic nitrogens is 1. The highest BCUT2D eigenvalue weighted by atomic mass is 79.9. The molecule has 0 radical (unpaired) electrons. The van der Waals surface area contributed by atoms with Crippen molar-refractivity contribution in [2.75, 3.05) is 29.6 Å². The number of halogens is 1. The Kier molecular flexibility index (Phi) is 5.11. The summed E-state index contributed by atoms with van der Waals surface area (Å²) in [6.07, 6.45) is 6.64. The molecule has 0 aromatic carbocycles. The molecule has 3 nitrogen and oxygen atoms in total. The number of nitrogen functional groups attached to an aromatic ring is 1. The molecule has 0 spiro atoms. The van der Waals surface area contributed by atoms with Gasteiger partial charge in [-0.05, 0) is 34.4 Å². The fourth-order valence-corrected chi connectivity index (χ4v) is 1.99. The lowest BCUT2D eigenvalue weighted by Crippen LogP contribution is -2.06. The van der Waals surface area contributed by atoms with E-state index in [0.717, 1.165) is 28.9 Å². The molecule has 0 fully saturated rings. The van der Waals surface area contributed by atoms with Crippen LogP contribution in [0.3, 0.4) is 0 Å². The molecule has 0 saturated heterocycles. The van der Waals surface area contributed by atoms with Crippen LogP contribution in [0.2, 0.25) is 0 Å². The Morgan fingerprint density at radius 1 is 1.57 bits per heavy atom. The summed E-state index contributed by atoms with van der Waals surface area (Å²) in [7, 11) is 0. The predicted octanol–water partition coefficient (Wildman–Crippen LogP) is 2.59. The van der Waals surface area contributed by atoms with Crippen molar-refractivity contribution >= 4 is 39.1 Å². The van der Waals surface area contributed by atoms with Gasteiger partial charge in [0.1, 0.15) is 0 Å². The quantitative estimate of drug-likeness (QED) is 0.812. The van der Waals surface area contributed by atoms with Gasteiger partial charge in [0.2, 0.25) is 0 Å². The van der Waals surface area contributed by atoms with Crippen molar-refractivity contribution in [3.8, 4) is 0 Å². The minimum atomic E-state index is 0.684. The van der Waals surface area contributed by atoms with Crippen LogP contribution in [0.4, 0.5) is 11.4 Å². The number of hydrogen-bond acceptors (Lipinski definition) is 4. The molecule has 0 bridgehead atoms. The summed E-state index contributed by atoms with van der Waals surface area (Å²) in [5.41, 5.74) is 7.41. The van der Waals surface area contributed by atoms with Crippen molar-refractivity contribution in [2.45, 2.75) is 6.42 Å². The van der Waals surface area contributed by atoms with Crippen LogP contribution in [0, 0.1) is 0 Å². The van der Waals surface area contributed by atoms with Crippen molar-refractivity contribution in [2.24, 2.45) is 0 Å². The maximum atomic E-state index is 5.78. The van der Waals surface area contributed by atoms with Gasteiger partial charge in [0.15, 0.2) is 0 Å². The van der Waals surface area contributed by atoms with Crippen LogP contribution in [-0.2, 0) is 0 Å². The van der Waals surface area contributed by atoms with Crippen molar-refractivity contribution < 1.29 is 0 Å². The Bertz CT molecular complexity index is 273. The van der Waals surface area contributed by atoms with Gasteiger partial charge < -0.3 is 11.1 Å². The Morgan fingerprint density at radius 2 is 2.36 bits per heavy atom. The number of nitrogens with one attached hydrogen (secondary N) is 1. The van der Waals surface area contributed by atoms with Crippen LogP contribution < -0.4 is 11.1 Å². The van der Waals surface area contributed by atoms with E-state index in [1.807, 2.05) is 11.8 Å². The first-order chi connectivity index (χ1) is 6.75.